The fraction of sp³-hybridized carbons (Fsp3) is 0.769. The van der Waals surface area contributed by atoms with E-state index in [0.717, 1.165) is 25.8 Å². The molecule has 0 bridgehead atoms. The van der Waals surface area contributed by atoms with E-state index in [1.807, 2.05) is 0 Å². The number of aliphatic hydroxyl groups excluding tert-OH is 1. The predicted molar refractivity (Wildman–Crippen MR) is 71.2 cm³/mol. The molecule has 0 aromatic carbocycles. The highest BCUT2D eigenvalue weighted by atomic mass is 32.1. The molecule has 0 radical (unpaired) electrons. The van der Waals surface area contributed by atoms with Gasteiger partial charge in [0.15, 0.2) is 0 Å². The average molecular weight is 254 g/mol. The lowest BCUT2D eigenvalue weighted by atomic mass is 9.86. The smallest absolute Gasteiger partial charge is 0.0926 e. The van der Waals surface area contributed by atoms with E-state index in [1.165, 1.54) is 23.5 Å². The van der Waals surface area contributed by atoms with E-state index in [2.05, 4.69) is 22.6 Å². The Kier molecular flexibility index (Phi) is 4.95. The van der Waals surface area contributed by atoms with Gasteiger partial charge in [-0.2, -0.15) is 0 Å². The van der Waals surface area contributed by atoms with Crippen LogP contribution in [0.3, 0.4) is 0 Å². The third-order valence-electron chi connectivity index (χ3n) is 3.58. The van der Waals surface area contributed by atoms with Crippen LogP contribution < -0.4 is 5.32 Å². The lowest BCUT2D eigenvalue weighted by Gasteiger charge is -2.27. The minimum absolute atomic E-state index is 0.360. The van der Waals surface area contributed by atoms with Crippen molar-refractivity contribution in [3.8, 4) is 0 Å². The Morgan fingerprint density at radius 3 is 2.76 bits per heavy atom. The minimum atomic E-state index is 0.360. The van der Waals surface area contributed by atoms with Crippen molar-refractivity contribution < 1.29 is 5.11 Å². The van der Waals surface area contributed by atoms with E-state index >= 15 is 0 Å². The summed E-state index contributed by atoms with van der Waals surface area (Å²) in [4.78, 5) is 4.56. The first-order valence-corrected chi connectivity index (χ1v) is 7.47. The third kappa shape index (κ3) is 3.76. The molecule has 1 aromatic heterocycles. The Labute approximate surface area is 107 Å². The molecule has 1 aromatic rings. The lowest BCUT2D eigenvalue weighted by Crippen LogP contribution is -2.33. The fourth-order valence-electron chi connectivity index (χ4n) is 2.39. The van der Waals surface area contributed by atoms with Crippen LogP contribution in [0.15, 0.2) is 5.38 Å². The highest BCUT2D eigenvalue weighted by Crippen LogP contribution is 2.24. The third-order valence-corrected chi connectivity index (χ3v) is 4.62. The second kappa shape index (κ2) is 6.47. The topological polar surface area (TPSA) is 45.2 Å². The van der Waals surface area contributed by atoms with E-state index in [-0.39, 0.29) is 0 Å². The molecule has 1 aliphatic carbocycles. The van der Waals surface area contributed by atoms with Gasteiger partial charge in [-0.05, 0) is 38.0 Å². The molecule has 0 amide bonds. The molecule has 0 atom stereocenters. The van der Waals surface area contributed by atoms with Gasteiger partial charge in [0, 0.05) is 24.6 Å². The van der Waals surface area contributed by atoms with Gasteiger partial charge in [-0.1, -0.05) is 6.92 Å². The van der Waals surface area contributed by atoms with Gasteiger partial charge in [-0.25, -0.2) is 4.98 Å². The molecule has 17 heavy (non-hydrogen) atoms. The van der Waals surface area contributed by atoms with Crippen LogP contribution in [-0.2, 0) is 13.0 Å². The van der Waals surface area contributed by atoms with Crippen LogP contribution in [0.4, 0.5) is 0 Å². The second-order valence-electron chi connectivity index (χ2n) is 4.87. The summed E-state index contributed by atoms with van der Waals surface area (Å²) < 4.78 is 0. The molecule has 1 fully saturated rings. The molecule has 2 rings (SSSR count). The summed E-state index contributed by atoms with van der Waals surface area (Å²) in [5.74, 6) is 0.541. The molecule has 0 unspecified atom stereocenters. The number of hydrogen-bond acceptors (Lipinski definition) is 4. The SMILES string of the molecule is CCc1nc(CNC2CCC(CO)CC2)cs1. The van der Waals surface area contributed by atoms with Gasteiger partial charge in [0.1, 0.15) is 0 Å². The summed E-state index contributed by atoms with van der Waals surface area (Å²) in [7, 11) is 0. The van der Waals surface area contributed by atoms with Crippen LogP contribution >= 0.6 is 11.3 Å². The summed E-state index contributed by atoms with van der Waals surface area (Å²) in [6.45, 7) is 3.40. The van der Waals surface area contributed by atoms with Gasteiger partial charge in [0.2, 0.25) is 0 Å². The van der Waals surface area contributed by atoms with Crippen LogP contribution in [-0.4, -0.2) is 22.7 Å². The van der Waals surface area contributed by atoms with Gasteiger partial charge < -0.3 is 10.4 Å². The van der Waals surface area contributed by atoms with Crippen molar-refractivity contribution in [3.63, 3.8) is 0 Å². The van der Waals surface area contributed by atoms with Crippen LogP contribution in [0.25, 0.3) is 0 Å². The van der Waals surface area contributed by atoms with Crippen molar-refractivity contribution in [3.05, 3.63) is 16.1 Å². The number of rotatable bonds is 5. The van der Waals surface area contributed by atoms with Crippen LogP contribution in [0.1, 0.15) is 43.3 Å². The van der Waals surface area contributed by atoms with Crippen LogP contribution in [0.2, 0.25) is 0 Å². The summed E-state index contributed by atoms with van der Waals surface area (Å²) in [5.41, 5.74) is 1.18. The van der Waals surface area contributed by atoms with Gasteiger partial charge in [0.05, 0.1) is 10.7 Å². The van der Waals surface area contributed by atoms with E-state index < -0.39 is 0 Å². The maximum atomic E-state index is 9.09. The molecule has 1 heterocycles. The fourth-order valence-corrected chi connectivity index (χ4v) is 3.14. The maximum Gasteiger partial charge on any atom is 0.0926 e. The maximum absolute atomic E-state index is 9.09. The zero-order chi connectivity index (χ0) is 12.1. The lowest BCUT2D eigenvalue weighted by molar-refractivity contribution is 0.175. The molecule has 0 spiro atoms. The monoisotopic (exact) mass is 254 g/mol. The number of nitrogens with one attached hydrogen (secondary N) is 1. The van der Waals surface area contributed by atoms with E-state index in [4.69, 9.17) is 5.11 Å². The first-order valence-electron chi connectivity index (χ1n) is 6.59. The number of hydrogen-bond donors (Lipinski definition) is 2. The zero-order valence-electron chi connectivity index (χ0n) is 10.5. The first kappa shape index (κ1) is 13.0. The summed E-state index contributed by atoms with van der Waals surface area (Å²) in [6.07, 6.45) is 5.73. The highest BCUT2D eigenvalue weighted by Gasteiger charge is 2.20. The van der Waals surface area contributed by atoms with Crippen LogP contribution in [0, 0.1) is 5.92 Å². The van der Waals surface area contributed by atoms with E-state index in [1.54, 1.807) is 11.3 Å². The number of nitrogens with zero attached hydrogens (tertiary/aromatic N) is 1. The standard InChI is InChI=1S/C13H22N2OS/c1-2-13-15-12(9-17-13)7-14-11-5-3-10(8-16)4-6-11/h9-11,14,16H,2-8H2,1H3. The Hall–Kier alpha value is -0.450. The van der Waals surface area contributed by atoms with Gasteiger partial charge in [-0.15, -0.1) is 11.3 Å². The van der Waals surface area contributed by atoms with Crippen molar-refractivity contribution in [1.29, 1.82) is 0 Å². The quantitative estimate of drug-likeness (QED) is 0.848. The van der Waals surface area contributed by atoms with E-state index in [0.29, 0.717) is 18.6 Å². The molecule has 2 N–H and O–H groups in total. The van der Waals surface area contributed by atoms with Crippen LogP contribution in [0.5, 0.6) is 0 Å². The number of aliphatic hydroxyl groups is 1. The highest BCUT2D eigenvalue weighted by molar-refractivity contribution is 7.09. The number of aryl methyl sites for hydroxylation is 1. The molecular formula is C13H22N2OS. The molecule has 1 aliphatic rings. The normalized spacial score (nSPS) is 25.1. The van der Waals surface area contributed by atoms with Crippen molar-refractivity contribution in [2.45, 2.75) is 51.6 Å². The second-order valence-corrected chi connectivity index (χ2v) is 5.81. The van der Waals surface area contributed by atoms with Gasteiger partial charge in [0.25, 0.3) is 0 Å². The number of thiazole rings is 1. The molecule has 3 nitrogen and oxygen atoms in total. The van der Waals surface area contributed by atoms with Crippen molar-refractivity contribution in [2.75, 3.05) is 6.61 Å². The summed E-state index contributed by atoms with van der Waals surface area (Å²) >= 11 is 1.76. The molecule has 96 valence electrons. The molecule has 4 heteroatoms. The van der Waals surface area contributed by atoms with Crippen molar-refractivity contribution in [2.24, 2.45) is 5.92 Å². The zero-order valence-corrected chi connectivity index (χ0v) is 11.3. The minimum Gasteiger partial charge on any atom is -0.396 e. The average Bonchev–Trinajstić information content (AvgIpc) is 2.85. The molecule has 0 aliphatic heterocycles. The Morgan fingerprint density at radius 2 is 2.18 bits per heavy atom. The summed E-state index contributed by atoms with van der Waals surface area (Å²) in [5, 5.41) is 16.1. The summed E-state index contributed by atoms with van der Waals surface area (Å²) in [6, 6.07) is 0.615. The van der Waals surface area contributed by atoms with Crippen molar-refractivity contribution in [1.82, 2.24) is 10.3 Å². The Balaban J connectivity index is 1.72. The molecule has 1 saturated carbocycles. The Morgan fingerprint density at radius 1 is 1.41 bits per heavy atom. The van der Waals surface area contributed by atoms with Crippen molar-refractivity contribution >= 4 is 11.3 Å². The molecule has 0 saturated heterocycles. The number of aromatic nitrogens is 1. The largest absolute Gasteiger partial charge is 0.396 e. The first-order chi connectivity index (χ1) is 8.31. The predicted octanol–water partition coefficient (Wildman–Crippen LogP) is 2.35. The molecular weight excluding hydrogens is 232 g/mol. The van der Waals surface area contributed by atoms with Gasteiger partial charge >= 0.3 is 0 Å². The van der Waals surface area contributed by atoms with E-state index in [9.17, 15) is 0 Å². The Bertz CT molecular complexity index is 332. The van der Waals surface area contributed by atoms with Gasteiger partial charge in [-0.3, -0.25) is 0 Å².